The van der Waals surface area contributed by atoms with Crippen molar-refractivity contribution in [2.45, 2.75) is 19.4 Å². The lowest BCUT2D eigenvalue weighted by Crippen LogP contribution is -2.29. The molecule has 0 aromatic heterocycles. The first-order valence-electron chi connectivity index (χ1n) is 5.88. The highest BCUT2D eigenvalue weighted by Gasteiger charge is 2.48. The highest BCUT2D eigenvalue weighted by molar-refractivity contribution is 6.30. The zero-order valence-electron chi connectivity index (χ0n) is 10.2. The van der Waals surface area contributed by atoms with E-state index in [1.165, 1.54) is 18.2 Å². The summed E-state index contributed by atoms with van der Waals surface area (Å²) in [6.45, 7) is 1.74. The molecule has 0 radical (unpaired) electrons. The molecule has 1 saturated carbocycles. The Bertz CT molecular complexity index is 535. The molecule has 1 aromatic carbocycles. The SMILES string of the molecule is C[C@H](NC(=O)[C@@H]1C[C@H]1C(=O)O)c1ccc(F)c(Cl)c1. The Morgan fingerprint density at radius 1 is 1.47 bits per heavy atom. The molecule has 1 aliphatic rings. The standard InChI is InChI=1S/C13H13ClFNO3/c1-6(7-2-3-11(15)10(14)4-7)16-12(17)8-5-9(8)13(18)19/h2-4,6,8-9H,5H2,1H3,(H,16,17)(H,18,19)/t6-,8+,9+/m0/s1. The third-order valence-corrected chi connectivity index (χ3v) is 3.54. The molecular weight excluding hydrogens is 273 g/mol. The van der Waals surface area contributed by atoms with E-state index in [0.717, 1.165) is 0 Å². The lowest BCUT2D eigenvalue weighted by molar-refractivity contribution is -0.140. The summed E-state index contributed by atoms with van der Waals surface area (Å²) in [4.78, 5) is 22.4. The van der Waals surface area contributed by atoms with Crippen molar-refractivity contribution in [2.75, 3.05) is 0 Å². The first-order chi connectivity index (χ1) is 8.90. The second kappa shape index (κ2) is 5.17. The maximum atomic E-state index is 13.0. The molecule has 102 valence electrons. The number of carbonyl (C=O) groups excluding carboxylic acids is 1. The van der Waals surface area contributed by atoms with Crippen LogP contribution in [0.5, 0.6) is 0 Å². The highest BCUT2D eigenvalue weighted by Crippen LogP contribution is 2.39. The number of carbonyl (C=O) groups is 2. The molecule has 3 atom stereocenters. The molecule has 6 heteroatoms. The van der Waals surface area contributed by atoms with Gasteiger partial charge in [-0.15, -0.1) is 0 Å². The molecule has 4 nitrogen and oxygen atoms in total. The van der Waals surface area contributed by atoms with E-state index in [1.54, 1.807) is 6.92 Å². The Hall–Kier alpha value is -1.62. The fraction of sp³-hybridized carbons (Fsp3) is 0.385. The molecule has 0 saturated heterocycles. The van der Waals surface area contributed by atoms with Gasteiger partial charge in [0.15, 0.2) is 0 Å². The first-order valence-corrected chi connectivity index (χ1v) is 6.26. The maximum Gasteiger partial charge on any atom is 0.307 e. The highest BCUT2D eigenvalue weighted by atomic mass is 35.5. The number of carboxylic acid groups (broad SMARTS) is 1. The van der Waals surface area contributed by atoms with Crippen molar-refractivity contribution >= 4 is 23.5 Å². The minimum atomic E-state index is -0.947. The van der Waals surface area contributed by atoms with E-state index in [2.05, 4.69) is 5.32 Å². The average molecular weight is 286 g/mol. The molecule has 1 fully saturated rings. The van der Waals surface area contributed by atoms with Crippen LogP contribution in [0.2, 0.25) is 5.02 Å². The summed E-state index contributed by atoms with van der Waals surface area (Å²) in [5.41, 5.74) is 0.673. The van der Waals surface area contributed by atoms with Gasteiger partial charge < -0.3 is 10.4 Å². The Kier molecular flexibility index (Phi) is 3.75. The van der Waals surface area contributed by atoms with Gasteiger partial charge in [0.2, 0.25) is 5.91 Å². The van der Waals surface area contributed by atoms with Crippen LogP contribution >= 0.6 is 11.6 Å². The fourth-order valence-electron chi connectivity index (χ4n) is 1.94. The van der Waals surface area contributed by atoms with E-state index in [9.17, 15) is 14.0 Å². The van der Waals surface area contributed by atoms with Gasteiger partial charge in [-0.1, -0.05) is 17.7 Å². The van der Waals surface area contributed by atoms with Gasteiger partial charge in [0.25, 0.3) is 0 Å². The van der Waals surface area contributed by atoms with Gasteiger partial charge in [0, 0.05) is 0 Å². The summed E-state index contributed by atoms with van der Waals surface area (Å²) in [7, 11) is 0. The smallest absolute Gasteiger partial charge is 0.307 e. The van der Waals surface area contributed by atoms with E-state index >= 15 is 0 Å². The third-order valence-electron chi connectivity index (χ3n) is 3.25. The molecular formula is C13H13ClFNO3. The number of hydrogen-bond donors (Lipinski definition) is 2. The second-order valence-corrected chi connectivity index (χ2v) is 5.10. The van der Waals surface area contributed by atoms with Crippen molar-refractivity contribution in [3.8, 4) is 0 Å². The number of carboxylic acids is 1. The van der Waals surface area contributed by atoms with Crippen molar-refractivity contribution in [1.29, 1.82) is 0 Å². The zero-order valence-corrected chi connectivity index (χ0v) is 10.9. The normalized spacial score (nSPS) is 22.7. The van der Waals surface area contributed by atoms with Crippen LogP contribution in [0.3, 0.4) is 0 Å². The van der Waals surface area contributed by atoms with Crippen LogP contribution in [-0.2, 0) is 9.59 Å². The van der Waals surface area contributed by atoms with Gasteiger partial charge in [-0.2, -0.15) is 0 Å². The van der Waals surface area contributed by atoms with E-state index < -0.39 is 23.6 Å². The van der Waals surface area contributed by atoms with Crippen molar-refractivity contribution in [1.82, 2.24) is 5.32 Å². The second-order valence-electron chi connectivity index (χ2n) is 4.69. The molecule has 19 heavy (non-hydrogen) atoms. The van der Waals surface area contributed by atoms with Gasteiger partial charge in [0.1, 0.15) is 5.82 Å². The minimum absolute atomic E-state index is 0.00608. The van der Waals surface area contributed by atoms with Crippen LogP contribution in [0, 0.1) is 17.7 Å². The topological polar surface area (TPSA) is 66.4 Å². The number of aliphatic carboxylic acids is 1. The summed E-state index contributed by atoms with van der Waals surface area (Å²) < 4.78 is 13.0. The Morgan fingerprint density at radius 3 is 2.68 bits per heavy atom. The lowest BCUT2D eigenvalue weighted by atomic mass is 10.1. The summed E-state index contributed by atoms with van der Waals surface area (Å²) in [6.07, 6.45) is 0.373. The van der Waals surface area contributed by atoms with Crippen molar-refractivity contribution in [2.24, 2.45) is 11.8 Å². The molecule has 0 aliphatic heterocycles. The van der Waals surface area contributed by atoms with Gasteiger partial charge in [-0.3, -0.25) is 9.59 Å². The lowest BCUT2D eigenvalue weighted by Gasteiger charge is -2.14. The molecule has 1 amide bonds. The number of amides is 1. The maximum absolute atomic E-state index is 13.0. The van der Waals surface area contributed by atoms with E-state index in [1.807, 2.05) is 0 Å². The predicted molar refractivity (Wildman–Crippen MR) is 67.2 cm³/mol. The van der Waals surface area contributed by atoms with Crippen LogP contribution < -0.4 is 5.32 Å². The molecule has 0 bridgehead atoms. The van der Waals surface area contributed by atoms with E-state index in [-0.39, 0.29) is 17.0 Å². The van der Waals surface area contributed by atoms with E-state index in [0.29, 0.717) is 12.0 Å². The van der Waals surface area contributed by atoms with Gasteiger partial charge in [0.05, 0.1) is 22.9 Å². The zero-order chi connectivity index (χ0) is 14.2. The van der Waals surface area contributed by atoms with Crippen LogP contribution in [0.15, 0.2) is 18.2 Å². The van der Waals surface area contributed by atoms with Gasteiger partial charge >= 0.3 is 5.97 Å². The molecule has 2 N–H and O–H groups in total. The fourth-order valence-corrected chi connectivity index (χ4v) is 2.13. The predicted octanol–water partition coefficient (Wildman–Crippen LogP) is 2.38. The van der Waals surface area contributed by atoms with Crippen molar-refractivity contribution in [3.63, 3.8) is 0 Å². The Morgan fingerprint density at radius 2 is 2.16 bits per heavy atom. The molecule has 2 rings (SSSR count). The molecule has 1 aromatic rings. The van der Waals surface area contributed by atoms with Crippen molar-refractivity contribution in [3.05, 3.63) is 34.6 Å². The molecule has 0 heterocycles. The Balaban J connectivity index is 1.97. The van der Waals surface area contributed by atoms with Crippen LogP contribution in [0.25, 0.3) is 0 Å². The molecule has 1 aliphatic carbocycles. The summed E-state index contributed by atoms with van der Waals surface area (Å²) in [5, 5.41) is 11.5. The quantitative estimate of drug-likeness (QED) is 0.892. The monoisotopic (exact) mass is 285 g/mol. The summed E-state index contributed by atoms with van der Waals surface area (Å²) in [6, 6.07) is 3.87. The minimum Gasteiger partial charge on any atom is -0.481 e. The van der Waals surface area contributed by atoms with Crippen LogP contribution in [0.4, 0.5) is 4.39 Å². The van der Waals surface area contributed by atoms with Gasteiger partial charge in [-0.05, 0) is 31.0 Å². The Labute approximate surface area is 114 Å². The average Bonchev–Trinajstić information content (AvgIpc) is 3.12. The largest absolute Gasteiger partial charge is 0.481 e. The molecule has 0 unspecified atom stereocenters. The summed E-state index contributed by atoms with van der Waals surface area (Å²) >= 11 is 5.67. The first kappa shape index (κ1) is 13.8. The van der Waals surface area contributed by atoms with E-state index in [4.69, 9.17) is 16.7 Å². The van der Waals surface area contributed by atoms with Crippen LogP contribution in [-0.4, -0.2) is 17.0 Å². The van der Waals surface area contributed by atoms with Gasteiger partial charge in [-0.25, -0.2) is 4.39 Å². The number of rotatable bonds is 4. The number of halogens is 2. The number of benzene rings is 1. The number of nitrogens with one attached hydrogen (secondary N) is 1. The van der Waals surface area contributed by atoms with Crippen molar-refractivity contribution < 1.29 is 19.1 Å². The molecule has 0 spiro atoms. The number of hydrogen-bond acceptors (Lipinski definition) is 2. The third kappa shape index (κ3) is 3.04. The van der Waals surface area contributed by atoms with Crippen LogP contribution in [0.1, 0.15) is 24.9 Å². The summed E-state index contributed by atoms with van der Waals surface area (Å²) in [5.74, 6) is -2.80.